The Morgan fingerprint density at radius 2 is 1.38 bits per heavy atom. The second-order valence-electron chi connectivity index (χ2n) is 4.90. The van der Waals surface area contributed by atoms with E-state index >= 15 is 0 Å². The topological polar surface area (TPSA) is 33.1 Å². The minimum Gasteiger partial charge on any atom is -0.506 e. The molecule has 0 aliphatic rings. The lowest BCUT2D eigenvalue weighted by Crippen LogP contribution is -2.03. The van der Waals surface area contributed by atoms with Gasteiger partial charge in [-0.1, -0.05) is 18.2 Å². The molecule has 3 rings (SSSR count). The highest BCUT2D eigenvalue weighted by Gasteiger charge is 2.24. The number of phenolic OH excluding ortho intramolecular Hbond substituents is 1. The molecule has 0 saturated carbocycles. The summed E-state index contributed by atoms with van der Waals surface area (Å²) >= 11 is 0. The number of halogens is 5. The molecule has 0 unspecified atom stereocenters. The van der Waals surface area contributed by atoms with Crippen molar-refractivity contribution in [3.05, 3.63) is 70.7 Å². The van der Waals surface area contributed by atoms with Crippen LogP contribution < -0.4 is 0 Å². The molecular formula is C17H8F5NO. The number of aromatic hydroxyl groups is 1. The minimum atomic E-state index is -2.21. The van der Waals surface area contributed by atoms with Crippen LogP contribution in [0.25, 0.3) is 23.1 Å². The zero-order chi connectivity index (χ0) is 17.4. The lowest BCUT2D eigenvalue weighted by Gasteiger charge is -2.04. The van der Waals surface area contributed by atoms with Gasteiger partial charge in [-0.2, -0.15) is 0 Å². The van der Waals surface area contributed by atoms with Crippen molar-refractivity contribution >= 4 is 23.1 Å². The van der Waals surface area contributed by atoms with E-state index in [9.17, 15) is 27.1 Å². The van der Waals surface area contributed by atoms with E-state index in [0.29, 0.717) is 5.39 Å². The second-order valence-corrected chi connectivity index (χ2v) is 4.90. The molecule has 0 atom stereocenters. The Kier molecular flexibility index (Phi) is 3.92. The first-order valence-electron chi connectivity index (χ1n) is 6.68. The van der Waals surface area contributed by atoms with Gasteiger partial charge < -0.3 is 5.11 Å². The molecule has 2 nitrogen and oxygen atoms in total. The van der Waals surface area contributed by atoms with Gasteiger partial charge in [-0.3, -0.25) is 0 Å². The summed E-state index contributed by atoms with van der Waals surface area (Å²) in [5.41, 5.74) is -0.643. The van der Waals surface area contributed by atoms with Crippen molar-refractivity contribution in [3.63, 3.8) is 0 Å². The van der Waals surface area contributed by atoms with Crippen molar-refractivity contribution in [1.29, 1.82) is 0 Å². The Balaban J connectivity index is 2.08. The van der Waals surface area contributed by atoms with Crippen molar-refractivity contribution in [2.24, 2.45) is 0 Å². The maximum absolute atomic E-state index is 13.6. The van der Waals surface area contributed by atoms with Gasteiger partial charge in [0.2, 0.25) is 5.82 Å². The van der Waals surface area contributed by atoms with Crippen molar-refractivity contribution in [3.8, 4) is 5.75 Å². The zero-order valence-electron chi connectivity index (χ0n) is 11.8. The van der Waals surface area contributed by atoms with E-state index in [2.05, 4.69) is 4.98 Å². The number of nitrogens with zero attached hydrogens (tertiary/aromatic N) is 1. The van der Waals surface area contributed by atoms with Crippen LogP contribution in [0.4, 0.5) is 22.0 Å². The molecule has 122 valence electrons. The third-order valence-electron chi connectivity index (χ3n) is 3.39. The van der Waals surface area contributed by atoms with Gasteiger partial charge in [0.25, 0.3) is 0 Å². The van der Waals surface area contributed by atoms with E-state index < -0.39 is 34.6 Å². The monoisotopic (exact) mass is 337 g/mol. The largest absolute Gasteiger partial charge is 0.506 e. The Morgan fingerprint density at radius 1 is 0.750 bits per heavy atom. The molecule has 7 heteroatoms. The highest BCUT2D eigenvalue weighted by molar-refractivity contribution is 5.85. The highest BCUT2D eigenvalue weighted by atomic mass is 19.2. The summed E-state index contributed by atoms with van der Waals surface area (Å²) in [6, 6.07) is 7.79. The molecule has 0 saturated heterocycles. The van der Waals surface area contributed by atoms with Crippen LogP contribution in [-0.4, -0.2) is 10.1 Å². The van der Waals surface area contributed by atoms with Crippen LogP contribution in [0.1, 0.15) is 11.3 Å². The number of hydrogen-bond donors (Lipinski definition) is 1. The molecule has 1 aromatic heterocycles. The molecule has 0 spiro atoms. The minimum absolute atomic E-state index is 0.0982. The smallest absolute Gasteiger partial charge is 0.200 e. The number of phenols is 1. The van der Waals surface area contributed by atoms with E-state index in [0.717, 1.165) is 12.2 Å². The lowest BCUT2D eigenvalue weighted by atomic mass is 10.1. The summed E-state index contributed by atoms with van der Waals surface area (Å²) in [7, 11) is 0. The highest BCUT2D eigenvalue weighted by Crippen LogP contribution is 2.26. The van der Waals surface area contributed by atoms with E-state index in [-0.39, 0.29) is 17.0 Å². The molecule has 3 aromatic rings. The molecule has 0 fully saturated rings. The Morgan fingerprint density at radius 3 is 2.04 bits per heavy atom. The van der Waals surface area contributed by atoms with Crippen molar-refractivity contribution < 1.29 is 27.1 Å². The van der Waals surface area contributed by atoms with Crippen LogP contribution in [0.3, 0.4) is 0 Å². The number of pyridine rings is 1. The van der Waals surface area contributed by atoms with Crippen molar-refractivity contribution in [2.45, 2.75) is 0 Å². The van der Waals surface area contributed by atoms with Crippen LogP contribution in [0, 0.1) is 29.1 Å². The fourth-order valence-electron chi connectivity index (χ4n) is 2.18. The van der Waals surface area contributed by atoms with Crippen molar-refractivity contribution in [2.75, 3.05) is 0 Å². The molecule has 24 heavy (non-hydrogen) atoms. The van der Waals surface area contributed by atoms with Crippen LogP contribution in [0.2, 0.25) is 0 Å². The molecule has 0 aliphatic heterocycles. The fraction of sp³-hybridized carbons (Fsp3) is 0. The quantitative estimate of drug-likeness (QED) is 0.414. The summed E-state index contributed by atoms with van der Waals surface area (Å²) in [6.07, 6.45) is 1.83. The van der Waals surface area contributed by atoms with Gasteiger partial charge >= 0.3 is 0 Å². The first kappa shape index (κ1) is 15.9. The first-order chi connectivity index (χ1) is 11.4. The third kappa shape index (κ3) is 2.58. The molecule has 1 heterocycles. The van der Waals surface area contributed by atoms with Crippen LogP contribution in [0.5, 0.6) is 5.75 Å². The van der Waals surface area contributed by atoms with E-state index in [1.54, 1.807) is 18.2 Å². The number of para-hydroxylation sites is 1. The SMILES string of the molecule is Oc1cccc2ccc(/C=C/c3c(F)c(F)c(F)c(F)c3F)nc12. The van der Waals surface area contributed by atoms with Gasteiger partial charge in [0.15, 0.2) is 23.3 Å². The van der Waals surface area contributed by atoms with Crippen LogP contribution in [-0.2, 0) is 0 Å². The van der Waals surface area contributed by atoms with E-state index in [4.69, 9.17) is 0 Å². The Labute approximate surface area is 132 Å². The van der Waals surface area contributed by atoms with Gasteiger partial charge in [0, 0.05) is 5.39 Å². The standard InChI is InChI=1S/C17H8F5NO/c18-12-10(13(19)15(21)16(22)14(12)20)7-6-9-5-4-8-2-1-3-11(24)17(8)23-9/h1-7,24H/b7-6+. The van der Waals surface area contributed by atoms with E-state index in [1.165, 1.54) is 12.1 Å². The summed E-state index contributed by atoms with van der Waals surface area (Å²) in [5.74, 6) is -10.2. The van der Waals surface area contributed by atoms with Gasteiger partial charge in [0.05, 0.1) is 11.3 Å². The van der Waals surface area contributed by atoms with Gasteiger partial charge in [-0.05, 0) is 24.3 Å². The molecular weight excluding hydrogens is 329 g/mol. The molecule has 1 N–H and O–H groups in total. The van der Waals surface area contributed by atoms with Gasteiger partial charge in [0.1, 0.15) is 11.3 Å². The number of rotatable bonds is 2. The summed E-state index contributed by atoms with van der Waals surface area (Å²) < 4.78 is 66.5. The summed E-state index contributed by atoms with van der Waals surface area (Å²) in [6.45, 7) is 0. The summed E-state index contributed by atoms with van der Waals surface area (Å²) in [4.78, 5) is 4.07. The normalized spacial score (nSPS) is 11.5. The van der Waals surface area contributed by atoms with Gasteiger partial charge in [-0.15, -0.1) is 0 Å². The third-order valence-corrected chi connectivity index (χ3v) is 3.39. The van der Waals surface area contributed by atoms with Gasteiger partial charge in [-0.25, -0.2) is 26.9 Å². The number of fused-ring (bicyclic) bond motifs is 1. The zero-order valence-corrected chi connectivity index (χ0v) is 11.8. The number of benzene rings is 2. The van der Waals surface area contributed by atoms with Crippen LogP contribution in [0.15, 0.2) is 30.3 Å². The lowest BCUT2D eigenvalue weighted by molar-refractivity contribution is 0.377. The van der Waals surface area contributed by atoms with Crippen molar-refractivity contribution in [1.82, 2.24) is 4.98 Å². The van der Waals surface area contributed by atoms with Crippen LogP contribution >= 0.6 is 0 Å². The average molecular weight is 337 g/mol. The van der Waals surface area contributed by atoms with E-state index in [1.807, 2.05) is 0 Å². The predicted molar refractivity (Wildman–Crippen MR) is 78.6 cm³/mol. The fourth-order valence-corrected chi connectivity index (χ4v) is 2.18. The second kappa shape index (κ2) is 5.92. The average Bonchev–Trinajstić information content (AvgIpc) is 2.59. The summed E-state index contributed by atoms with van der Waals surface area (Å²) in [5, 5.41) is 10.4. The molecule has 0 radical (unpaired) electrons. The molecule has 0 bridgehead atoms. The maximum Gasteiger partial charge on any atom is 0.200 e. The first-order valence-corrected chi connectivity index (χ1v) is 6.68. The maximum atomic E-state index is 13.6. The Hall–Kier alpha value is -2.96. The molecule has 0 aliphatic carbocycles. The number of hydrogen-bond acceptors (Lipinski definition) is 2. The Bertz CT molecular complexity index is 955. The predicted octanol–water partition coefficient (Wildman–Crippen LogP) is 4.81. The molecule has 2 aromatic carbocycles. The number of aromatic nitrogens is 1. The molecule has 0 amide bonds.